The zero-order valence-electron chi connectivity index (χ0n) is 11.8. The minimum absolute atomic E-state index is 0.118. The molecule has 0 spiro atoms. The van der Waals surface area contributed by atoms with Crippen molar-refractivity contribution < 1.29 is 5.11 Å². The Hall–Kier alpha value is -2.25. The van der Waals surface area contributed by atoms with Crippen LogP contribution in [0.3, 0.4) is 0 Å². The molecule has 0 fully saturated rings. The van der Waals surface area contributed by atoms with Gasteiger partial charge in [-0.1, -0.05) is 31.0 Å². The van der Waals surface area contributed by atoms with Gasteiger partial charge in [-0.25, -0.2) is 0 Å². The van der Waals surface area contributed by atoms with Crippen LogP contribution in [0.5, 0.6) is 5.75 Å². The number of hydrogen-bond donors (Lipinski definition) is 0. The van der Waals surface area contributed by atoms with E-state index in [0.717, 1.165) is 25.1 Å². The van der Waals surface area contributed by atoms with E-state index in [1.165, 1.54) is 18.2 Å². The summed E-state index contributed by atoms with van der Waals surface area (Å²) in [5.74, 6) is -0.118. The Morgan fingerprint density at radius 2 is 1.90 bits per heavy atom. The van der Waals surface area contributed by atoms with Crippen LogP contribution < -0.4 is 10.0 Å². The zero-order chi connectivity index (χ0) is 15.2. The van der Waals surface area contributed by atoms with Crippen LogP contribution in [0.15, 0.2) is 42.5 Å². The minimum atomic E-state index is -0.118. The first-order valence-corrected chi connectivity index (χ1v) is 7.22. The van der Waals surface area contributed by atoms with Crippen LogP contribution in [0.4, 0.5) is 17.1 Å². The molecule has 0 aromatic heterocycles. The molecule has 0 radical (unpaired) electrons. The van der Waals surface area contributed by atoms with Gasteiger partial charge in [-0.05, 0) is 36.8 Å². The Kier molecular flexibility index (Phi) is 5.02. The molecule has 2 aromatic carbocycles. The summed E-state index contributed by atoms with van der Waals surface area (Å²) in [5, 5.41) is 21.5. The summed E-state index contributed by atoms with van der Waals surface area (Å²) in [6, 6.07) is 11.8. The third-order valence-corrected chi connectivity index (χ3v) is 3.47. The van der Waals surface area contributed by atoms with Gasteiger partial charge in [-0.15, -0.1) is 5.75 Å². The van der Waals surface area contributed by atoms with Gasteiger partial charge in [0.25, 0.3) is 0 Å². The number of rotatable bonds is 5. The van der Waals surface area contributed by atoms with E-state index < -0.39 is 0 Å². The molecule has 0 aliphatic carbocycles. The van der Waals surface area contributed by atoms with Gasteiger partial charge in [0.15, 0.2) is 4.98 Å². The summed E-state index contributed by atoms with van der Waals surface area (Å²) in [4.78, 5) is 5.25. The second-order valence-corrected chi connectivity index (χ2v) is 5.17. The fourth-order valence-corrected chi connectivity index (χ4v) is 2.26. The summed E-state index contributed by atoms with van der Waals surface area (Å²) in [6.45, 7) is 2.82. The maximum atomic E-state index is 11.7. The zero-order valence-corrected chi connectivity index (χ0v) is 12.5. The Labute approximate surface area is 129 Å². The molecule has 0 saturated heterocycles. The van der Waals surface area contributed by atoms with Crippen molar-refractivity contribution in [3.8, 4) is 5.75 Å². The molecule has 2 aromatic rings. The van der Waals surface area contributed by atoms with Crippen molar-refractivity contribution in [2.45, 2.75) is 19.8 Å². The highest BCUT2D eigenvalue weighted by molar-refractivity contribution is 6.30. The quantitative estimate of drug-likeness (QED) is 0.743. The number of benzene rings is 2. The van der Waals surface area contributed by atoms with E-state index in [2.05, 4.69) is 11.9 Å². The topological polar surface area (TPSA) is 54.4 Å². The molecular weight excluding hydrogens is 286 g/mol. The van der Waals surface area contributed by atoms with E-state index in [0.29, 0.717) is 16.4 Å². The van der Waals surface area contributed by atoms with Crippen molar-refractivity contribution in [2.75, 3.05) is 11.4 Å². The van der Waals surface area contributed by atoms with Crippen molar-refractivity contribution in [3.05, 3.63) is 52.5 Å². The first-order chi connectivity index (χ1) is 10.2. The number of halogens is 1. The van der Waals surface area contributed by atoms with Gasteiger partial charge in [0.1, 0.15) is 5.69 Å². The summed E-state index contributed by atoms with van der Waals surface area (Å²) in [7, 11) is 0. The molecule has 5 heteroatoms. The summed E-state index contributed by atoms with van der Waals surface area (Å²) >= 11 is 5.92. The summed E-state index contributed by atoms with van der Waals surface area (Å²) in [5.41, 5.74) is 1.88. The van der Waals surface area contributed by atoms with E-state index in [4.69, 9.17) is 17.0 Å². The molecule has 0 N–H and O–H groups in total. The van der Waals surface area contributed by atoms with Crippen LogP contribution >= 0.6 is 11.6 Å². The standard InChI is InChI=1S/C16H16ClN3O/c1-2-3-10-20(13-6-4-12(17)5-7-13)16-11-14(21)8-9-15(16)19-18/h4-9,11H,2-3,10H2,1H3. The number of unbranched alkanes of at least 4 members (excludes halogenated alkanes) is 1. The Morgan fingerprint density at radius 1 is 1.19 bits per heavy atom. The molecule has 0 atom stereocenters. The van der Waals surface area contributed by atoms with Crippen molar-refractivity contribution in [3.63, 3.8) is 0 Å². The molecule has 4 nitrogen and oxygen atoms in total. The molecule has 21 heavy (non-hydrogen) atoms. The average molecular weight is 302 g/mol. The Morgan fingerprint density at radius 3 is 2.52 bits per heavy atom. The fourth-order valence-electron chi connectivity index (χ4n) is 2.13. The van der Waals surface area contributed by atoms with E-state index in [9.17, 15) is 5.11 Å². The summed E-state index contributed by atoms with van der Waals surface area (Å²) < 4.78 is 0. The molecule has 0 unspecified atom stereocenters. The number of hydrogen-bond acceptors (Lipinski definition) is 3. The smallest absolute Gasteiger partial charge is 0.408 e. The molecule has 0 heterocycles. The highest BCUT2D eigenvalue weighted by atomic mass is 35.5. The normalized spacial score (nSPS) is 10.1. The second kappa shape index (κ2) is 6.96. The monoisotopic (exact) mass is 301 g/mol. The van der Waals surface area contributed by atoms with Crippen LogP contribution in [0.1, 0.15) is 19.8 Å². The highest BCUT2D eigenvalue weighted by Crippen LogP contribution is 2.36. The molecule has 108 valence electrons. The minimum Gasteiger partial charge on any atom is -0.872 e. The predicted octanol–water partition coefficient (Wildman–Crippen LogP) is 4.84. The van der Waals surface area contributed by atoms with Crippen LogP contribution in [-0.4, -0.2) is 6.54 Å². The lowest BCUT2D eigenvalue weighted by Gasteiger charge is -2.24. The maximum absolute atomic E-state index is 11.7. The van der Waals surface area contributed by atoms with Crippen LogP contribution in [0, 0.1) is 5.39 Å². The van der Waals surface area contributed by atoms with E-state index in [-0.39, 0.29) is 5.75 Å². The third-order valence-electron chi connectivity index (χ3n) is 3.22. The highest BCUT2D eigenvalue weighted by Gasteiger charge is 2.20. The van der Waals surface area contributed by atoms with Crippen molar-refractivity contribution >= 4 is 28.7 Å². The molecule has 0 saturated carbocycles. The van der Waals surface area contributed by atoms with Crippen molar-refractivity contribution in [1.29, 1.82) is 5.39 Å². The number of diazo groups is 1. The Balaban J connectivity index is 2.47. The van der Waals surface area contributed by atoms with Crippen molar-refractivity contribution in [1.82, 2.24) is 0 Å². The molecule has 0 aliphatic rings. The van der Waals surface area contributed by atoms with Gasteiger partial charge in [0.2, 0.25) is 5.39 Å². The molecule has 0 bridgehead atoms. The lowest BCUT2D eigenvalue weighted by molar-refractivity contribution is -0.268. The Bertz CT molecular complexity index is 650. The number of anilines is 2. The lowest BCUT2D eigenvalue weighted by Crippen LogP contribution is -2.18. The third kappa shape index (κ3) is 3.65. The van der Waals surface area contributed by atoms with Crippen molar-refractivity contribution in [2.24, 2.45) is 0 Å². The van der Waals surface area contributed by atoms with Crippen LogP contribution in [0.25, 0.3) is 4.98 Å². The van der Waals surface area contributed by atoms with Gasteiger partial charge < -0.3 is 10.0 Å². The molecule has 0 aliphatic heterocycles. The number of nitrogens with zero attached hydrogens (tertiary/aromatic N) is 3. The van der Waals surface area contributed by atoms with E-state index in [1.54, 1.807) is 12.1 Å². The van der Waals surface area contributed by atoms with Crippen LogP contribution in [-0.2, 0) is 0 Å². The van der Waals surface area contributed by atoms with Gasteiger partial charge in [-0.2, -0.15) is 0 Å². The molecule has 0 amide bonds. The van der Waals surface area contributed by atoms with Gasteiger partial charge >= 0.3 is 5.69 Å². The average Bonchev–Trinajstić information content (AvgIpc) is 2.49. The predicted molar refractivity (Wildman–Crippen MR) is 84.0 cm³/mol. The first kappa shape index (κ1) is 15.1. The SMILES string of the molecule is CCCCN(c1ccc(Cl)cc1)c1cc([O-])ccc1[N+]#N. The summed E-state index contributed by atoms with van der Waals surface area (Å²) in [6.07, 6.45) is 1.98. The van der Waals surface area contributed by atoms with Gasteiger partial charge in [0, 0.05) is 23.3 Å². The lowest BCUT2D eigenvalue weighted by atomic mass is 10.2. The first-order valence-electron chi connectivity index (χ1n) is 6.85. The van der Waals surface area contributed by atoms with E-state index >= 15 is 0 Å². The van der Waals surface area contributed by atoms with Gasteiger partial charge in [0.05, 0.1) is 0 Å². The molecular formula is C16H16ClN3O. The fraction of sp³-hybridized carbons (Fsp3) is 0.250. The maximum Gasteiger partial charge on any atom is 0.408 e. The largest absolute Gasteiger partial charge is 0.872 e. The van der Waals surface area contributed by atoms with Crippen LogP contribution in [0.2, 0.25) is 5.02 Å². The van der Waals surface area contributed by atoms with Gasteiger partial charge in [-0.3, -0.25) is 0 Å². The van der Waals surface area contributed by atoms with E-state index in [1.807, 2.05) is 17.0 Å². The molecule has 2 rings (SSSR count). The second-order valence-electron chi connectivity index (χ2n) is 4.73.